The van der Waals surface area contributed by atoms with Crippen molar-refractivity contribution in [2.75, 3.05) is 0 Å². The average molecular weight is 223 g/mol. The van der Waals surface area contributed by atoms with Crippen LogP contribution in [0.25, 0.3) is 0 Å². The Morgan fingerprint density at radius 1 is 1.40 bits per heavy atom. The van der Waals surface area contributed by atoms with E-state index in [0.717, 1.165) is 0 Å². The molecule has 1 nitrogen and oxygen atoms in total. The molecule has 1 aromatic heterocycles. The number of thiophene rings is 1. The lowest BCUT2D eigenvalue weighted by Gasteiger charge is -2.33. The van der Waals surface area contributed by atoms with Crippen LogP contribution in [0.15, 0.2) is 12.1 Å². The van der Waals surface area contributed by atoms with Gasteiger partial charge in [-0.3, -0.25) is 0 Å². The molecule has 1 atom stereocenters. The first-order valence-corrected chi connectivity index (χ1v) is 6.81. The maximum absolute atomic E-state index is 6.47. The number of aryl methyl sites for hydroxylation is 1. The molecule has 84 valence electrons. The van der Waals surface area contributed by atoms with Crippen molar-refractivity contribution < 1.29 is 0 Å². The van der Waals surface area contributed by atoms with Gasteiger partial charge in [-0.1, -0.05) is 19.8 Å². The highest BCUT2D eigenvalue weighted by molar-refractivity contribution is 7.12. The number of hydrogen-bond donors (Lipinski definition) is 1. The smallest absolute Gasteiger partial charge is 0.0446 e. The van der Waals surface area contributed by atoms with Crippen molar-refractivity contribution in [3.05, 3.63) is 21.9 Å². The van der Waals surface area contributed by atoms with E-state index in [2.05, 4.69) is 26.0 Å². The second-order valence-corrected chi connectivity index (χ2v) is 6.17. The normalized spacial score (nSPS) is 21.8. The second kappa shape index (κ2) is 4.26. The fourth-order valence-corrected chi connectivity index (χ4v) is 3.91. The highest BCUT2D eigenvalue weighted by Gasteiger charge is 2.38. The molecule has 2 rings (SSSR count). The first kappa shape index (κ1) is 11.2. The molecule has 0 amide bonds. The van der Waals surface area contributed by atoms with Gasteiger partial charge in [0, 0.05) is 15.8 Å². The molecular formula is C13H21NS. The van der Waals surface area contributed by atoms with E-state index in [1.165, 1.54) is 41.9 Å². The van der Waals surface area contributed by atoms with Gasteiger partial charge in [-0.25, -0.2) is 0 Å². The molecule has 1 aliphatic carbocycles. The highest BCUT2D eigenvalue weighted by Crippen LogP contribution is 2.49. The van der Waals surface area contributed by atoms with E-state index < -0.39 is 0 Å². The Kier molecular flexibility index (Phi) is 3.17. The van der Waals surface area contributed by atoms with Gasteiger partial charge < -0.3 is 5.73 Å². The van der Waals surface area contributed by atoms with Crippen LogP contribution in [0.5, 0.6) is 0 Å². The summed E-state index contributed by atoms with van der Waals surface area (Å²) in [7, 11) is 0. The topological polar surface area (TPSA) is 26.0 Å². The molecule has 1 unspecified atom stereocenters. The van der Waals surface area contributed by atoms with E-state index in [1.54, 1.807) is 0 Å². The molecule has 2 heteroatoms. The maximum Gasteiger partial charge on any atom is 0.0446 e. The van der Waals surface area contributed by atoms with Crippen LogP contribution in [-0.4, -0.2) is 0 Å². The van der Waals surface area contributed by atoms with Crippen LogP contribution in [-0.2, 0) is 0 Å². The van der Waals surface area contributed by atoms with Gasteiger partial charge in [0.1, 0.15) is 0 Å². The van der Waals surface area contributed by atoms with Gasteiger partial charge in [0.15, 0.2) is 0 Å². The molecule has 1 saturated carbocycles. The van der Waals surface area contributed by atoms with Gasteiger partial charge in [-0.05, 0) is 43.7 Å². The maximum atomic E-state index is 6.47. The van der Waals surface area contributed by atoms with Crippen molar-refractivity contribution in [1.29, 1.82) is 0 Å². The third-order valence-electron chi connectivity index (χ3n) is 4.03. The summed E-state index contributed by atoms with van der Waals surface area (Å²) < 4.78 is 0. The molecule has 0 aromatic carbocycles. The predicted octanol–water partition coefficient (Wildman–Crippen LogP) is 4.03. The fourth-order valence-electron chi connectivity index (χ4n) is 2.89. The van der Waals surface area contributed by atoms with Gasteiger partial charge in [-0.2, -0.15) is 0 Å². The summed E-state index contributed by atoms with van der Waals surface area (Å²) in [6, 6.07) is 4.68. The van der Waals surface area contributed by atoms with Crippen LogP contribution < -0.4 is 5.73 Å². The molecular weight excluding hydrogens is 202 g/mol. The van der Waals surface area contributed by atoms with E-state index in [-0.39, 0.29) is 6.04 Å². The molecule has 1 aliphatic rings. The first-order valence-electron chi connectivity index (χ1n) is 6.00. The van der Waals surface area contributed by atoms with Crippen LogP contribution >= 0.6 is 11.3 Å². The van der Waals surface area contributed by atoms with Crippen LogP contribution in [0.1, 0.15) is 54.8 Å². The molecule has 15 heavy (non-hydrogen) atoms. The summed E-state index contributed by atoms with van der Waals surface area (Å²) in [6.45, 7) is 4.46. The van der Waals surface area contributed by atoms with Gasteiger partial charge >= 0.3 is 0 Å². The van der Waals surface area contributed by atoms with Crippen LogP contribution in [0.4, 0.5) is 0 Å². The lowest BCUT2D eigenvalue weighted by molar-refractivity contribution is 0.225. The summed E-state index contributed by atoms with van der Waals surface area (Å²) in [4.78, 5) is 2.76. The van der Waals surface area contributed by atoms with Crippen molar-refractivity contribution in [1.82, 2.24) is 0 Å². The predicted molar refractivity (Wildman–Crippen MR) is 67.2 cm³/mol. The standard InChI is InChI=1S/C13H21NS/c1-3-13(8-4-5-9-13)12(14)11-7-6-10(2)15-11/h6-7,12H,3-5,8-9,14H2,1-2H3. The Morgan fingerprint density at radius 2 is 2.07 bits per heavy atom. The molecule has 1 heterocycles. The van der Waals surface area contributed by atoms with Crippen LogP contribution in [0.3, 0.4) is 0 Å². The largest absolute Gasteiger partial charge is 0.323 e. The minimum Gasteiger partial charge on any atom is -0.323 e. The SMILES string of the molecule is CCC1(C(N)c2ccc(C)s2)CCCC1. The molecule has 0 aliphatic heterocycles. The van der Waals surface area contributed by atoms with E-state index in [1.807, 2.05) is 11.3 Å². The minimum atomic E-state index is 0.267. The lowest BCUT2D eigenvalue weighted by atomic mass is 9.76. The molecule has 1 fully saturated rings. The van der Waals surface area contributed by atoms with Crippen molar-refractivity contribution in [2.45, 2.75) is 52.0 Å². The number of hydrogen-bond acceptors (Lipinski definition) is 2. The molecule has 1 aromatic rings. The third kappa shape index (κ3) is 1.98. The van der Waals surface area contributed by atoms with Gasteiger partial charge in [0.05, 0.1) is 0 Å². The highest BCUT2D eigenvalue weighted by atomic mass is 32.1. The summed E-state index contributed by atoms with van der Waals surface area (Å²) in [5.41, 5.74) is 6.87. The monoisotopic (exact) mass is 223 g/mol. The minimum absolute atomic E-state index is 0.267. The second-order valence-electron chi connectivity index (χ2n) is 4.85. The zero-order valence-corrected chi connectivity index (χ0v) is 10.6. The zero-order valence-electron chi connectivity index (χ0n) is 9.75. The first-order chi connectivity index (χ1) is 7.18. The third-order valence-corrected chi connectivity index (χ3v) is 5.11. The van der Waals surface area contributed by atoms with Crippen molar-refractivity contribution in [3.63, 3.8) is 0 Å². The van der Waals surface area contributed by atoms with Gasteiger partial charge in [0.2, 0.25) is 0 Å². The fraction of sp³-hybridized carbons (Fsp3) is 0.692. The van der Waals surface area contributed by atoms with Gasteiger partial charge in [0.25, 0.3) is 0 Å². The van der Waals surface area contributed by atoms with Crippen LogP contribution in [0, 0.1) is 12.3 Å². The Morgan fingerprint density at radius 3 is 2.53 bits per heavy atom. The van der Waals surface area contributed by atoms with Crippen molar-refractivity contribution in [3.8, 4) is 0 Å². The van der Waals surface area contributed by atoms with Crippen LogP contribution in [0.2, 0.25) is 0 Å². The van der Waals surface area contributed by atoms with Crippen molar-refractivity contribution in [2.24, 2.45) is 11.1 Å². The molecule has 0 bridgehead atoms. The summed E-state index contributed by atoms with van der Waals surface area (Å²) in [6.07, 6.45) is 6.60. The van der Waals surface area contributed by atoms with E-state index in [4.69, 9.17) is 5.73 Å². The Balaban J connectivity index is 2.21. The lowest BCUT2D eigenvalue weighted by Crippen LogP contribution is -2.31. The van der Waals surface area contributed by atoms with Gasteiger partial charge in [-0.15, -0.1) is 11.3 Å². The molecule has 0 saturated heterocycles. The molecule has 0 spiro atoms. The van der Waals surface area contributed by atoms with E-state index in [9.17, 15) is 0 Å². The molecule has 0 radical (unpaired) electrons. The average Bonchev–Trinajstić information content (AvgIpc) is 2.86. The summed E-state index contributed by atoms with van der Waals surface area (Å²) in [5.74, 6) is 0. The number of rotatable bonds is 3. The Hall–Kier alpha value is -0.340. The zero-order chi connectivity index (χ0) is 10.9. The van der Waals surface area contributed by atoms with Crippen molar-refractivity contribution >= 4 is 11.3 Å². The summed E-state index contributed by atoms with van der Waals surface area (Å²) in [5, 5.41) is 0. The number of nitrogens with two attached hydrogens (primary N) is 1. The summed E-state index contributed by atoms with van der Waals surface area (Å²) >= 11 is 1.87. The quantitative estimate of drug-likeness (QED) is 0.822. The van der Waals surface area contributed by atoms with E-state index in [0.29, 0.717) is 5.41 Å². The van der Waals surface area contributed by atoms with E-state index >= 15 is 0 Å². The Labute approximate surface area is 96.7 Å². The Bertz CT molecular complexity index is 323. The molecule has 2 N–H and O–H groups in total.